The number of hydrogen-bond acceptors (Lipinski definition) is 2. The zero-order valence-electron chi connectivity index (χ0n) is 10.7. The standard InChI is InChI=1S/C15H17FN2/c1-15(2,12-6-4-3-5-7-12)11-18-14-9-8-13(16)10-17-14/h3-10H,11H2,1-2H3,(H,17,18). The lowest BCUT2D eigenvalue weighted by atomic mass is 9.85. The van der Waals surface area contributed by atoms with Gasteiger partial charge in [0.25, 0.3) is 0 Å². The highest BCUT2D eigenvalue weighted by Crippen LogP contribution is 2.23. The second kappa shape index (κ2) is 5.17. The van der Waals surface area contributed by atoms with Crippen molar-refractivity contribution < 1.29 is 4.39 Å². The summed E-state index contributed by atoms with van der Waals surface area (Å²) in [6.45, 7) is 5.08. The van der Waals surface area contributed by atoms with Crippen LogP contribution in [-0.4, -0.2) is 11.5 Å². The average molecular weight is 244 g/mol. The van der Waals surface area contributed by atoms with E-state index in [-0.39, 0.29) is 11.2 Å². The van der Waals surface area contributed by atoms with Gasteiger partial charge >= 0.3 is 0 Å². The van der Waals surface area contributed by atoms with E-state index in [1.807, 2.05) is 18.2 Å². The number of nitrogens with one attached hydrogen (secondary N) is 1. The van der Waals surface area contributed by atoms with Crippen LogP contribution in [0.1, 0.15) is 19.4 Å². The monoisotopic (exact) mass is 244 g/mol. The molecule has 2 aromatic rings. The first-order chi connectivity index (χ1) is 8.58. The normalized spacial score (nSPS) is 11.3. The topological polar surface area (TPSA) is 24.9 Å². The fourth-order valence-electron chi connectivity index (χ4n) is 1.78. The van der Waals surface area contributed by atoms with E-state index in [4.69, 9.17) is 0 Å². The highest BCUT2D eigenvalue weighted by atomic mass is 19.1. The Kier molecular flexibility index (Phi) is 3.60. The first kappa shape index (κ1) is 12.6. The smallest absolute Gasteiger partial charge is 0.141 e. The van der Waals surface area contributed by atoms with Gasteiger partial charge in [-0.1, -0.05) is 44.2 Å². The van der Waals surface area contributed by atoms with Crippen LogP contribution in [0.3, 0.4) is 0 Å². The Labute approximate surface area is 107 Å². The van der Waals surface area contributed by atoms with E-state index in [9.17, 15) is 4.39 Å². The molecule has 1 aromatic heterocycles. The molecular formula is C15H17FN2. The third-order valence-electron chi connectivity index (χ3n) is 2.99. The van der Waals surface area contributed by atoms with Crippen molar-refractivity contribution in [2.24, 2.45) is 0 Å². The molecule has 0 aliphatic heterocycles. The summed E-state index contributed by atoms with van der Waals surface area (Å²) in [4.78, 5) is 3.99. The molecule has 1 N–H and O–H groups in total. The molecule has 18 heavy (non-hydrogen) atoms. The molecule has 2 rings (SSSR count). The van der Waals surface area contributed by atoms with Gasteiger partial charge in [-0.05, 0) is 17.7 Å². The molecule has 3 heteroatoms. The first-order valence-electron chi connectivity index (χ1n) is 5.99. The van der Waals surface area contributed by atoms with Gasteiger partial charge in [-0.3, -0.25) is 0 Å². The number of nitrogens with zero attached hydrogens (tertiary/aromatic N) is 1. The fourth-order valence-corrected chi connectivity index (χ4v) is 1.78. The Morgan fingerprint density at radius 3 is 2.44 bits per heavy atom. The van der Waals surface area contributed by atoms with Crippen LogP contribution in [0.15, 0.2) is 48.7 Å². The number of rotatable bonds is 4. The largest absolute Gasteiger partial charge is 0.369 e. The summed E-state index contributed by atoms with van der Waals surface area (Å²) >= 11 is 0. The number of aromatic nitrogens is 1. The van der Waals surface area contributed by atoms with Gasteiger partial charge < -0.3 is 5.32 Å². The molecule has 0 radical (unpaired) electrons. The number of anilines is 1. The minimum Gasteiger partial charge on any atom is -0.369 e. The molecule has 94 valence electrons. The Balaban J connectivity index is 2.03. The number of benzene rings is 1. The van der Waals surface area contributed by atoms with Crippen molar-refractivity contribution in [2.45, 2.75) is 19.3 Å². The summed E-state index contributed by atoms with van der Waals surface area (Å²) in [6.07, 6.45) is 1.22. The van der Waals surface area contributed by atoms with E-state index in [0.29, 0.717) is 5.82 Å². The van der Waals surface area contributed by atoms with E-state index in [0.717, 1.165) is 6.54 Å². The predicted octanol–water partition coefficient (Wildman–Crippen LogP) is 3.61. The van der Waals surface area contributed by atoms with Crippen molar-refractivity contribution in [2.75, 3.05) is 11.9 Å². The van der Waals surface area contributed by atoms with Crippen LogP contribution in [0.5, 0.6) is 0 Å². The maximum Gasteiger partial charge on any atom is 0.141 e. The highest BCUT2D eigenvalue weighted by Gasteiger charge is 2.19. The summed E-state index contributed by atoms with van der Waals surface area (Å²) in [5, 5.41) is 3.23. The molecular weight excluding hydrogens is 227 g/mol. The van der Waals surface area contributed by atoms with Crippen molar-refractivity contribution in [3.05, 3.63) is 60.0 Å². The van der Waals surface area contributed by atoms with Gasteiger partial charge in [-0.2, -0.15) is 0 Å². The van der Waals surface area contributed by atoms with Gasteiger partial charge in [0.15, 0.2) is 0 Å². The Morgan fingerprint density at radius 2 is 1.83 bits per heavy atom. The molecule has 0 amide bonds. The highest BCUT2D eigenvalue weighted by molar-refractivity contribution is 5.36. The van der Waals surface area contributed by atoms with Gasteiger partial charge in [0.1, 0.15) is 11.6 Å². The van der Waals surface area contributed by atoms with Gasteiger partial charge in [-0.25, -0.2) is 9.37 Å². The lowest BCUT2D eigenvalue weighted by molar-refractivity contribution is 0.556. The molecule has 0 saturated heterocycles. The zero-order chi connectivity index (χ0) is 13.0. The number of hydrogen-bond donors (Lipinski definition) is 1. The van der Waals surface area contributed by atoms with Crippen LogP contribution in [0.4, 0.5) is 10.2 Å². The van der Waals surface area contributed by atoms with Gasteiger partial charge in [0.2, 0.25) is 0 Å². The third kappa shape index (κ3) is 3.06. The van der Waals surface area contributed by atoms with Crippen molar-refractivity contribution in [3.63, 3.8) is 0 Å². The van der Waals surface area contributed by atoms with Crippen LogP contribution in [0, 0.1) is 5.82 Å². The van der Waals surface area contributed by atoms with E-state index >= 15 is 0 Å². The lowest BCUT2D eigenvalue weighted by Gasteiger charge is -2.25. The molecule has 1 heterocycles. The summed E-state index contributed by atoms with van der Waals surface area (Å²) in [5.41, 5.74) is 1.26. The van der Waals surface area contributed by atoms with Gasteiger partial charge in [-0.15, -0.1) is 0 Å². The van der Waals surface area contributed by atoms with Crippen molar-refractivity contribution in [1.29, 1.82) is 0 Å². The van der Waals surface area contributed by atoms with Crippen molar-refractivity contribution in [1.82, 2.24) is 4.98 Å². The maximum absolute atomic E-state index is 12.7. The molecule has 0 aliphatic carbocycles. The van der Waals surface area contributed by atoms with E-state index < -0.39 is 0 Å². The predicted molar refractivity (Wildman–Crippen MR) is 72.2 cm³/mol. The molecule has 0 unspecified atom stereocenters. The lowest BCUT2D eigenvalue weighted by Crippen LogP contribution is -2.27. The van der Waals surface area contributed by atoms with E-state index in [1.54, 1.807) is 6.07 Å². The second-order valence-electron chi connectivity index (χ2n) is 4.97. The van der Waals surface area contributed by atoms with Gasteiger partial charge in [0.05, 0.1) is 6.20 Å². The summed E-state index contributed by atoms with van der Waals surface area (Å²) in [6, 6.07) is 13.4. The minimum absolute atomic E-state index is 0.00265. The van der Waals surface area contributed by atoms with Gasteiger partial charge in [0, 0.05) is 12.0 Å². The van der Waals surface area contributed by atoms with Crippen LogP contribution < -0.4 is 5.32 Å². The van der Waals surface area contributed by atoms with E-state index in [1.165, 1.54) is 17.8 Å². The Bertz CT molecular complexity index is 492. The van der Waals surface area contributed by atoms with Crippen molar-refractivity contribution >= 4 is 5.82 Å². The molecule has 0 spiro atoms. The molecule has 0 bridgehead atoms. The number of pyridine rings is 1. The number of halogens is 1. The molecule has 2 nitrogen and oxygen atoms in total. The van der Waals surface area contributed by atoms with Crippen molar-refractivity contribution in [3.8, 4) is 0 Å². The average Bonchev–Trinajstić information content (AvgIpc) is 2.39. The van der Waals surface area contributed by atoms with E-state index in [2.05, 4.69) is 36.3 Å². The molecule has 0 aliphatic rings. The Hall–Kier alpha value is -1.90. The molecule has 1 aromatic carbocycles. The van der Waals surface area contributed by atoms with Crippen LogP contribution in [0.2, 0.25) is 0 Å². The first-order valence-corrected chi connectivity index (χ1v) is 5.99. The summed E-state index contributed by atoms with van der Waals surface area (Å²) < 4.78 is 12.7. The van der Waals surface area contributed by atoms with Crippen LogP contribution in [-0.2, 0) is 5.41 Å². The van der Waals surface area contributed by atoms with Crippen LogP contribution >= 0.6 is 0 Å². The SMILES string of the molecule is CC(C)(CNc1ccc(F)cn1)c1ccccc1. The molecule has 0 atom stereocenters. The minimum atomic E-state index is -0.317. The molecule has 0 saturated carbocycles. The fraction of sp³-hybridized carbons (Fsp3) is 0.267. The maximum atomic E-state index is 12.7. The van der Waals surface area contributed by atoms with Crippen LogP contribution in [0.25, 0.3) is 0 Å². The summed E-state index contributed by atoms with van der Waals surface area (Å²) in [5.74, 6) is 0.378. The second-order valence-corrected chi connectivity index (χ2v) is 4.97. The summed E-state index contributed by atoms with van der Waals surface area (Å²) in [7, 11) is 0. The zero-order valence-corrected chi connectivity index (χ0v) is 10.7. The quantitative estimate of drug-likeness (QED) is 0.888. The Morgan fingerprint density at radius 1 is 1.11 bits per heavy atom. The third-order valence-corrected chi connectivity index (χ3v) is 2.99. The molecule has 0 fully saturated rings.